The molecule has 3 atom stereocenters. The molecule has 2 N–H and O–H groups in total. The predicted molar refractivity (Wildman–Crippen MR) is 56.4 cm³/mol. The van der Waals surface area contributed by atoms with Crippen LogP contribution in [0.4, 0.5) is 0 Å². The molecular formula is C12H23N. The fraction of sp³-hybridized carbons (Fsp3) is 1.00. The van der Waals surface area contributed by atoms with Crippen LogP contribution < -0.4 is 5.73 Å². The molecule has 0 aliphatic heterocycles. The van der Waals surface area contributed by atoms with Crippen LogP contribution in [0.3, 0.4) is 0 Å². The van der Waals surface area contributed by atoms with Crippen LogP contribution in [0.1, 0.15) is 47.0 Å². The summed E-state index contributed by atoms with van der Waals surface area (Å²) >= 11 is 0. The summed E-state index contributed by atoms with van der Waals surface area (Å²) in [5.41, 5.74) is 7.15. The second kappa shape index (κ2) is 2.50. The highest BCUT2D eigenvalue weighted by atomic mass is 14.9. The predicted octanol–water partition coefficient (Wildman–Crippen LogP) is 2.80. The standard InChI is InChI=1S/C12H23N/c1-8-5-9(2)7-12(6-8)10(13)11(12,3)4/h8-10H,5-7,13H2,1-4H3. The Morgan fingerprint density at radius 1 is 1.08 bits per heavy atom. The van der Waals surface area contributed by atoms with Crippen LogP contribution in [0.15, 0.2) is 0 Å². The van der Waals surface area contributed by atoms with E-state index in [0.29, 0.717) is 16.9 Å². The minimum absolute atomic E-state index is 0.413. The molecule has 2 aliphatic rings. The van der Waals surface area contributed by atoms with Gasteiger partial charge in [0.15, 0.2) is 0 Å². The normalized spacial score (nSPS) is 53.8. The lowest BCUT2D eigenvalue weighted by Crippen LogP contribution is -2.26. The summed E-state index contributed by atoms with van der Waals surface area (Å²) in [5.74, 6) is 1.77. The zero-order valence-corrected chi connectivity index (χ0v) is 9.43. The van der Waals surface area contributed by atoms with Gasteiger partial charge in [-0.2, -0.15) is 0 Å². The maximum atomic E-state index is 6.23. The molecule has 0 aromatic carbocycles. The summed E-state index contributed by atoms with van der Waals surface area (Å²) in [4.78, 5) is 0. The van der Waals surface area contributed by atoms with E-state index < -0.39 is 0 Å². The van der Waals surface area contributed by atoms with Gasteiger partial charge in [0.1, 0.15) is 0 Å². The Balaban J connectivity index is 2.17. The van der Waals surface area contributed by atoms with E-state index in [2.05, 4.69) is 27.7 Å². The van der Waals surface area contributed by atoms with Gasteiger partial charge in [-0.3, -0.25) is 0 Å². The fourth-order valence-electron chi connectivity index (χ4n) is 3.95. The van der Waals surface area contributed by atoms with Crippen LogP contribution >= 0.6 is 0 Å². The lowest BCUT2D eigenvalue weighted by Gasteiger charge is -2.34. The van der Waals surface area contributed by atoms with E-state index in [4.69, 9.17) is 5.73 Å². The molecule has 1 heteroatoms. The molecule has 2 rings (SSSR count). The van der Waals surface area contributed by atoms with Gasteiger partial charge in [-0.05, 0) is 41.9 Å². The molecule has 0 saturated heterocycles. The Bertz CT molecular complexity index is 209. The fourth-order valence-corrected chi connectivity index (χ4v) is 3.95. The van der Waals surface area contributed by atoms with Crippen molar-refractivity contribution in [2.75, 3.05) is 0 Å². The van der Waals surface area contributed by atoms with Crippen molar-refractivity contribution in [2.24, 2.45) is 28.4 Å². The van der Waals surface area contributed by atoms with E-state index in [1.54, 1.807) is 0 Å². The molecule has 13 heavy (non-hydrogen) atoms. The zero-order valence-electron chi connectivity index (χ0n) is 9.43. The molecule has 1 spiro atoms. The van der Waals surface area contributed by atoms with E-state index in [0.717, 1.165) is 11.8 Å². The van der Waals surface area contributed by atoms with Crippen molar-refractivity contribution >= 4 is 0 Å². The highest BCUT2D eigenvalue weighted by Gasteiger charge is 2.69. The smallest absolute Gasteiger partial charge is 0.0159 e. The summed E-state index contributed by atoms with van der Waals surface area (Å²) in [6.45, 7) is 9.47. The third-order valence-corrected chi connectivity index (χ3v) is 4.80. The number of hydrogen-bond acceptors (Lipinski definition) is 1. The van der Waals surface area contributed by atoms with Gasteiger partial charge in [-0.1, -0.05) is 27.7 Å². The van der Waals surface area contributed by atoms with E-state index in [9.17, 15) is 0 Å². The first-order valence-electron chi connectivity index (χ1n) is 5.66. The largest absolute Gasteiger partial charge is 0.327 e. The SMILES string of the molecule is CC1CC(C)CC2(C1)C(N)C2(C)C. The van der Waals surface area contributed by atoms with Crippen LogP contribution in [0, 0.1) is 22.7 Å². The molecule has 0 heterocycles. The maximum absolute atomic E-state index is 6.23. The van der Waals surface area contributed by atoms with Crippen LogP contribution in [-0.4, -0.2) is 6.04 Å². The molecule has 2 saturated carbocycles. The highest BCUT2D eigenvalue weighted by molar-refractivity contribution is 5.22. The van der Waals surface area contributed by atoms with Gasteiger partial charge in [0.2, 0.25) is 0 Å². The van der Waals surface area contributed by atoms with Gasteiger partial charge < -0.3 is 5.73 Å². The molecule has 3 unspecified atom stereocenters. The van der Waals surface area contributed by atoms with E-state index >= 15 is 0 Å². The second-order valence-corrected chi connectivity index (χ2v) is 6.21. The van der Waals surface area contributed by atoms with Crippen molar-refractivity contribution in [2.45, 2.75) is 53.0 Å². The highest BCUT2D eigenvalue weighted by Crippen LogP contribution is 2.70. The molecule has 76 valence electrons. The summed E-state index contributed by atoms with van der Waals surface area (Å²) in [5, 5.41) is 0. The average Bonchev–Trinajstić information content (AvgIpc) is 2.33. The summed E-state index contributed by atoms with van der Waals surface area (Å²) in [6.07, 6.45) is 4.14. The number of hydrogen-bond donors (Lipinski definition) is 1. The molecule has 0 amide bonds. The van der Waals surface area contributed by atoms with Gasteiger partial charge in [0.25, 0.3) is 0 Å². The van der Waals surface area contributed by atoms with Crippen molar-refractivity contribution in [1.82, 2.24) is 0 Å². The van der Waals surface area contributed by atoms with Crippen molar-refractivity contribution in [1.29, 1.82) is 0 Å². The molecule has 0 radical (unpaired) electrons. The molecule has 2 aliphatic carbocycles. The zero-order chi connectivity index (χ0) is 9.85. The molecular weight excluding hydrogens is 158 g/mol. The topological polar surface area (TPSA) is 26.0 Å². The van der Waals surface area contributed by atoms with Crippen molar-refractivity contribution < 1.29 is 0 Å². The first-order chi connectivity index (χ1) is 5.90. The molecule has 1 nitrogen and oxygen atoms in total. The first kappa shape index (κ1) is 9.51. The van der Waals surface area contributed by atoms with Crippen LogP contribution in [0.2, 0.25) is 0 Å². The van der Waals surface area contributed by atoms with Crippen LogP contribution in [0.5, 0.6) is 0 Å². The maximum Gasteiger partial charge on any atom is 0.0159 e. The lowest BCUT2D eigenvalue weighted by atomic mass is 9.71. The Morgan fingerprint density at radius 3 is 1.77 bits per heavy atom. The summed E-state index contributed by atoms with van der Waals surface area (Å²) < 4.78 is 0. The monoisotopic (exact) mass is 181 g/mol. The first-order valence-corrected chi connectivity index (χ1v) is 5.66. The molecule has 2 fully saturated rings. The van der Waals surface area contributed by atoms with E-state index in [-0.39, 0.29) is 0 Å². The number of nitrogens with two attached hydrogens (primary N) is 1. The van der Waals surface area contributed by atoms with E-state index in [1.807, 2.05) is 0 Å². The summed E-state index contributed by atoms with van der Waals surface area (Å²) in [7, 11) is 0. The molecule has 0 bridgehead atoms. The number of rotatable bonds is 0. The van der Waals surface area contributed by atoms with Gasteiger partial charge in [0.05, 0.1) is 0 Å². The van der Waals surface area contributed by atoms with Crippen LogP contribution in [-0.2, 0) is 0 Å². The van der Waals surface area contributed by atoms with E-state index in [1.165, 1.54) is 19.3 Å². The second-order valence-electron chi connectivity index (χ2n) is 6.21. The van der Waals surface area contributed by atoms with Crippen LogP contribution in [0.25, 0.3) is 0 Å². The third-order valence-electron chi connectivity index (χ3n) is 4.80. The minimum Gasteiger partial charge on any atom is -0.327 e. The Hall–Kier alpha value is -0.0400. The van der Waals surface area contributed by atoms with Gasteiger partial charge in [0, 0.05) is 6.04 Å². The summed E-state index contributed by atoms with van der Waals surface area (Å²) in [6, 6.07) is 0.463. The van der Waals surface area contributed by atoms with Gasteiger partial charge in [-0.15, -0.1) is 0 Å². The Kier molecular flexibility index (Phi) is 1.83. The lowest BCUT2D eigenvalue weighted by molar-refractivity contribution is 0.163. The minimum atomic E-state index is 0.413. The van der Waals surface area contributed by atoms with Crippen molar-refractivity contribution in [3.63, 3.8) is 0 Å². The average molecular weight is 181 g/mol. The van der Waals surface area contributed by atoms with Gasteiger partial charge >= 0.3 is 0 Å². The molecule has 0 aromatic rings. The van der Waals surface area contributed by atoms with Gasteiger partial charge in [-0.25, -0.2) is 0 Å². The Morgan fingerprint density at radius 2 is 1.46 bits per heavy atom. The van der Waals surface area contributed by atoms with Crippen molar-refractivity contribution in [3.05, 3.63) is 0 Å². The molecule has 0 aromatic heterocycles. The Labute approximate surface area is 82.1 Å². The van der Waals surface area contributed by atoms with Crippen molar-refractivity contribution in [3.8, 4) is 0 Å². The quantitative estimate of drug-likeness (QED) is 0.611. The third kappa shape index (κ3) is 1.09.